The van der Waals surface area contributed by atoms with E-state index in [1.54, 1.807) is 12.0 Å². The largest absolute Gasteiger partial charge is 0.497 e. The van der Waals surface area contributed by atoms with E-state index in [9.17, 15) is 9.59 Å². The van der Waals surface area contributed by atoms with Gasteiger partial charge in [-0.3, -0.25) is 9.59 Å². The molecule has 208 valence electrons. The van der Waals surface area contributed by atoms with Crippen molar-refractivity contribution in [2.75, 3.05) is 33.3 Å². The molecule has 3 heterocycles. The highest BCUT2D eigenvalue weighted by Crippen LogP contribution is 2.35. The number of nitrogens with one attached hydrogen (secondary N) is 1. The highest BCUT2D eigenvalue weighted by atomic mass is 79.9. The smallest absolute Gasteiger partial charge is 0.271 e. The van der Waals surface area contributed by atoms with Crippen LogP contribution in [0.4, 0.5) is 0 Å². The fraction of sp³-hybridized carbons (Fsp3) is 0.484. The van der Waals surface area contributed by atoms with E-state index in [0.29, 0.717) is 37.2 Å². The van der Waals surface area contributed by atoms with Crippen LogP contribution in [0.3, 0.4) is 0 Å². The number of ether oxygens (including phenoxy) is 1. The number of amides is 2. The summed E-state index contributed by atoms with van der Waals surface area (Å²) < 4.78 is 8.38. The molecule has 0 radical (unpaired) electrons. The number of likely N-dealkylation sites (tertiary alicyclic amines) is 1. The molecule has 0 bridgehead atoms. The zero-order valence-electron chi connectivity index (χ0n) is 23.4. The molecule has 2 aromatic carbocycles. The van der Waals surface area contributed by atoms with Crippen molar-refractivity contribution in [2.45, 2.75) is 52.2 Å². The minimum absolute atomic E-state index is 0.123. The Labute approximate surface area is 239 Å². The van der Waals surface area contributed by atoms with Gasteiger partial charge < -0.3 is 24.4 Å². The molecule has 1 fully saturated rings. The van der Waals surface area contributed by atoms with Crippen molar-refractivity contribution in [3.63, 3.8) is 0 Å². The molecule has 0 unspecified atom stereocenters. The third kappa shape index (κ3) is 5.73. The Morgan fingerprint density at radius 2 is 1.90 bits per heavy atom. The Kier molecular flexibility index (Phi) is 8.06. The van der Waals surface area contributed by atoms with Gasteiger partial charge in [-0.25, -0.2) is 0 Å². The molecule has 1 saturated heterocycles. The summed E-state index contributed by atoms with van der Waals surface area (Å²) in [6.07, 6.45) is 2.17. The van der Waals surface area contributed by atoms with Gasteiger partial charge >= 0.3 is 0 Å². The summed E-state index contributed by atoms with van der Waals surface area (Å²) in [5.74, 6) is 1.88. The van der Waals surface area contributed by atoms with Gasteiger partial charge in [0.1, 0.15) is 17.0 Å². The molecule has 0 aliphatic carbocycles. The summed E-state index contributed by atoms with van der Waals surface area (Å²) in [7, 11) is 1.63. The van der Waals surface area contributed by atoms with E-state index in [1.807, 2.05) is 60.0 Å². The van der Waals surface area contributed by atoms with Crippen LogP contribution < -0.4 is 10.1 Å². The van der Waals surface area contributed by atoms with Gasteiger partial charge in [0.2, 0.25) is 5.91 Å². The number of nitrogens with zero attached hydrogens (tertiary/aromatic N) is 3. The predicted molar refractivity (Wildman–Crippen MR) is 158 cm³/mol. The number of carbonyl (C=O) groups is 2. The molecular formula is C31H39BrN4O3. The summed E-state index contributed by atoms with van der Waals surface area (Å²) in [5.41, 5.74) is 1.39. The highest BCUT2D eigenvalue weighted by Gasteiger charge is 2.47. The number of hydrogen-bond donors (Lipinski definition) is 1. The average molecular weight is 596 g/mol. The molecule has 5 rings (SSSR count). The highest BCUT2D eigenvalue weighted by molar-refractivity contribution is 9.10. The van der Waals surface area contributed by atoms with Gasteiger partial charge in [0.25, 0.3) is 5.91 Å². The minimum atomic E-state index is -1.06. The van der Waals surface area contributed by atoms with Gasteiger partial charge in [0.05, 0.1) is 19.2 Å². The maximum absolute atomic E-state index is 14.0. The molecule has 39 heavy (non-hydrogen) atoms. The van der Waals surface area contributed by atoms with E-state index in [0.717, 1.165) is 52.7 Å². The van der Waals surface area contributed by atoms with Crippen LogP contribution in [-0.2, 0) is 17.9 Å². The molecule has 8 heteroatoms. The number of benzene rings is 2. The van der Waals surface area contributed by atoms with E-state index in [-0.39, 0.29) is 11.8 Å². The molecule has 2 aliphatic rings. The second-order valence-corrected chi connectivity index (χ2v) is 12.6. The number of methoxy groups -OCH3 is 1. The van der Waals surface area contributed by atoms with Crippen molar-refractivity contribution in [3.05, 3.63) is 64.3 Å². The summed E-state index contributed by atoms with van der Waals surface area (Å²) >= 11 is 3.54. The van der Waals surface area contributed by atoms with Gasteiger partial charge in [-0.05, 0) is 74.0 Å². The number of carbonyl (C=O) groups excluding carboxylic acids is 2. The number of aromatic nitrogens is 1. The first-order valence-corrected chi connectivity index (χ1v) is 14.7. The van der Waals surface area contributed by atoms with Crippen LogP contribution in [-0.4, -0.2) is 65.0 Å². The normalized spacial score (nSPS) is 23.6. The Hall–Kier alpha value is -2.84. The van der Waals surface area contributed by atoms with Crippen LogP contribution in [0.25, 0.3) is 10.9 Å². The van der Waals surface area contributed by atoms with Gasteiger partial charge in [-0.2, -0.15) is 0 Å². The van der Waals surface area contributed by atoms with Crippen LogP contribution >= 0.6 is 15.9 Å². The molecule has 1 aromatic heterocycles. The fourth-order valence-electron chi connectivity index (χ4n) is 6.39. The van der Waals surface area contributed by atoms with Crippen LogP contribution in [0.1, 0.15) is 49.7 Å². The Morgan fingerprint density at radius 3 is 2.62 bits per heavy atom. The number of halogens is 1. The lowest BCUT2D eigenvalue weighted by atomic mass is 9.92. The van der Waals surface area contributed by atoms with E-state index >= 15 is 0 Å². The lowest BCUT2D eigenvalue weighted by Gasteiger charge is -2.44. The second-order valence-electron chi connectivity index (χ2n) is 11.7. The molecule has 2 amide bonds. The third-order valence-electron chi connectivity index (χ3n) is 8.24. The molecule has 7 nitrogen and oxygen atoms in total. The maximum Gasteiger partial charge on any atom is 0.271 e. The molecule has 0 spiro atoms. The van der Waals surface area contributed by atoms with E-state index in [4.69, 9.17) is 4.74 Å². The van der Waals surface area contributed by atoms with Crippen LogP contribution in [0.2, 0.25) is 0 Å². The van der Waals surface area contributed by atoms with Crippen molar-refractivity contribution < 1.29 is 14.3 Å². The number of rotatable bonds is 8. The van der Waals surface area contributed by atoms with Crippen molar-refractivity contribution in [1.29, 1.82) is 0 Å². The summed E-state index contributed by atoms with van der Waals surface area (Å²) in [6.45, 7) is 11.0. The topological polar surface area (TPSA) is 66.8 Å². The van der Waals surface area contributed by atoms with E-state index in [2.05, 4.69) is 40.0 Å². The van der Waals surface area contributed by atoms with Crippen molar-refractivity contribution in [1.82, 2.24) is 19.7 Å². The number of fused-ring (bicyclic) bond motifs is 3. The fourth-order valence-corrected chi connectivity index (χ4v) is 6.84. The van der Waals surface area contributed by atoms with Gasteiger partial charge in [-0.1, -0.05) is 41.9 Å². The van der Waals surface area contributed by atoms with Crippen LogP contribution in [0.5, 0.6) is 5.75 Å². The summed E-state index contributed by atoms with van der Waals surface area (Å²) in [4.78, 5) is 32.2. The first-order valence-electron chi connectivity index (χ1n) is 13.9. The van der Waals surface area contributed by atoms with Crippen molar-refractivity contribution in [3.8, 4) is 5.75 Å². The average Bonchev–Trinajstić information content (AvgIpc) is 3.26. The molecular weight excluding hydrogens is 556 g/mol. The second kappa shape index (κ2) is 11.3. The number of hydrogen-bond acceptors (Lipinski definition) is 4. The SMILES string of the molecule is COc1ccc2cc3n(c2c1)C[C@](C)(C(=O)NCCCN1C[C@H](C)C[C@H](C)C1)N(Cc1cccc(Br)c1)C3=O. The molecule has 1 N–H and O–H groups in total. The first-order chi connectivity index (χ1) is 18.7. The van der Waals surface area contributed by atoms with Crippen molar-refractivity contribution in [2.24, 2.45) is 11.8 Å². The van der Waals surface area contributed by atoms with Gasteiger partial charge in [0.15, 0.2) is 0 Å². The predicted octanol–water partition coefficient (Wildman–Crippen LogP) is 5.31. The van der Waals surface area contributed by atoms with E-state index in [1.165, 1.54) is 6.42 Å². The van der Waals surface area contributed by atoms with E-state index < -0.39 is 5.54 Å². The Morgan fingerprint density at radius 1 is 1.13 bits per heavy atom. The van der Waals surface area contributed by atoms with Gasteiger partial charge in [-0.15, -0.1) is 0 Å². The Balaban J connectivity index is 1.39. The molecule has 3 aromatic rings. The number of piperidine rings is 1. The lowest BCUT2D eigenvalue weighted by molar-refractivity contribution is -0.133. The molecule has 0 saturated carbocycles. The molecule has 2 aliphatic heterocycles. The van der Waals surface area contributed by atoms with Crippen LogP contribution in [0, 0.1) is 11.8 Å². The van der Waals surface area contributed by atoms with Crippen molar-refractivity contribution >= 4 is 38.6 Å². The zero-order valence-corrected chi connectivity index (χ0v) is 25.0. The van der Waals surface area contributed by atoms with Gasteiger partial charge in [0, 0.05) is 42.1 Å². The maximum atomic E-state index is 14.0. The third-order valence-corrected chi connectivity index (χ3v) is 8.73. The Bertz CT molecular complexity index is 1360. The molecule has 3 atom stereocenters. The zero-order chi connectivity index (χ0) is 27.7. The lowest BCUT2D eigenvalue weighted by Crippen LogP contribution is -2.63. The first kappa shape index (κ1) is 27.7. The minimum Gasteiger partial charge on any atom is -0.497 e. The summed E-state index contributed by atoms with van der Waals surface area (Å²) in [5, 5.41) is 4.14. The summed E-state index contributed by atoms with van der Waals surface area (Å²) in [6, 6.07) is 15.6. The quantitative estimate of drug-likeness (QED) is 0.359. The van der Waals surface area contributed by atoms with Crippen LogP contribution in [0.15, 0.2) is 53.0 Å². The monoisotopic (exact) mass is 594 g/mol. The standard InChI is InChI=1S/C31H39BrN4O3/c1-21-13-22(2)18-34(17-21)12-6-11-33-30(38)31(3)20-35-27-16-26(39-4)10-9-24(27)15-28(35)29(37)36(31)19-23-7-5-8-25(32)14-23/h5,7-10,14-16,21-22H,6,11-13,17-20H2,1-4H3,(H,33,38)/t21-,22+,31-/m1/s1.